The smallest absolute Gasteiger partial charge is 0.127 e. The van der Waals surface area contributed by atoms with E-state index >= 15 is 0 Å². The van der Waals surface area contributed by atoms with E-state index in [2.05, 4.69) is 12.2 Å². The zero-order chi connectivity index (χ0) is 11.6. The van der Waals surface area contributed by atoms with Crippen LogP contribution in [0.25, 0.3) is 0 Å². The summed E-state index contributed by atoms with van der Waals surface area (Å²) in [6.07, 6.45) is 3.93. The van der Waals surface area contributed by atoms with Crippen LogP contribution in [0.1, 0.15) is 44.7 Å². The quantitative estimate of drug-likeness (QED) is 0.818. The first kappa shape index (κ1) is 11.6. The van der Waals surface area contributed by atoms with Crippen molar-refractivity contribution in [3.05, 3.63) is 35.6 Å². The van der Waals surface area contributed by atoms with E-state index in [-0.39, 0.29) is 11.9 Å². The Kier molecular flexibility index (Phi) is 3.29. The lowest BCUT2D eigenvalue weighted by Crippen LogP contribution is -2.38. The fraction of sp³-hybridized carbons (Fsp3) is 0.571. The molecule has 2 heteroatoms. The molecule has 2 rings (SSSR count). The Morgan fingerprint density at radius 1 is 1.38 bits per heavy atom. The first-order valence-electron chi connectivity index (χ1n) is 6.09. The van der Waals surface area contributed by atoms with Crippen LogP contribution in [0.2, 0.25) is 0 Å². The lowest BCUT2D eigenvalue weighted by Gasteiger charge is -2.39. The summed E-state index contributed by atoms with van der Waals surface area (Å²) in [5.41, 5.74) is 1.21. The molecule has 1 aliphatic rings. The van der Waals surface area contributed by atoms with Crippen molar-refractivity contribution in [2.75, 3.05) is 6.54 Å². The number of halogens is 1. The zero-order valence-electron chi connectivity index (χ0n) is 10.1. The summed E-state index contributed by atoms with van der Waals surface area (Å²) in [6.45, 7) is 5.32. The third kappa shape index (κ3) is 2.43. The van der Waals surface area contributed by atoms with Gasteiger partial charge < -0.3 is 5.32 Å². The number of nitrogens with one attached hydrogen (secondary N) is 1. The van der Waals surface area contributed by atoms with Crippen LogP contribution in [0.3, 0.4) is 0 Å². The molecule has 0 aliphatic heterocycles. The van der Waals surface area contributed by atoms with E-state index < -0.39 is 0 Å². The Morgan fingerprint density at radius 3 is 2.62 bits per heavy atom. The lowest BCUT2D eigenvalue weighted by atomic mass is 9.70. The van der Waals surface area contributed by atoms with Crippen LogP contribution in [-0.4, -0.2) is 6.54 Å². The third-order valence-electron chi connectivity index (χ3n) is 3.77. The van der Waals surface area contributed by atoms with E-state index in [9.17, 15) is 4.39 Å². The number of hydrogen-bond acceptors (Lipinski definition) is 1. The van der Waals surface area contributed by atoms with Gasteiger partial charge in [0.2, 0.25) is 0 Å². The zero-order valence-corrected chi connectivity index (χ0v) is 10.1. The number of benzene rings is 1. The standard InChI is InChI=1S/C14H20FN/c1-11(12-6-3-4-7-13(12)15)16-10-14(2)8-5-9-14/h3-4,6-7,11,16H,5,8-10H2,1-2H3. The minimum atomic E-state index is -0.110. The highest BCUT2D eigenvalue weighted by atomic mass is 19.1. The van der Waals surface area contributed by atoms with Gasteiger partial charge in [0.15, 0.2) is 0 Å². The molecule has 1 fully saturated rings. The van der Waals surface area contributed by atoms with Gasteiger partial charge >= 0.3 is 0 Å². The predicted molar refractivity (Wildman–Crippen MR) is 64.8 cm³/mol. The second-order valence-electron chi connectivity index (χ2n) is 5.29. The van der Waals surface area contributed by atoms with Gasteiger partial charge in [0, 0.05) is 18.2 Å². The van der Waals surface area contributed by atoms with E-state index in [4.69, 9.17) is 0 Å². The van der Waals surface area contributed by atoms with Crippen molar-refractivity contribution in [1.29, 1.82) is 0 Å². The summed E-state index contributed by atoms with van der Waals surface area (Å²) in [5.74, 6) is -0.110. The van der Waals surface area contributed by atoms with Crippen molar-refractivity contribution >= 4 is 0 Å². The molecule has 0 spiro atoms. The molecule has 1 unspecified atom stereocenters. The lowest BCUT2D eigenvalue weighted by molar-refractivity contribution is 0.151. The first-order valence-corrected chi connectivity index (χ1v) is 6.09. The molecule has 1 N–H and O–H groups in total. The molecule has 1 atom stereocenters. The Morgan fingerprint density at radius 2 is 2.06 bits per heavy atom. The predicted octanol–water partition coefficient (Wildman–Crippen LogP) is 3.67. The monoisotopic (exact) mass is 221 g/mol. The summed E-state index contributed by atoms with van der Waals surface area (Å²) in [4.78, 5) is 0. The van der Waals surface area contributed by atoms with Crippen molar-refractivity contribution in [3.8, 4) is 0 Å². The molecular weight excluding hydrogens is 201 g/mol. The molecule has 0 heterocycles. The number of rotatable bonds is 4. The highest BCUT2D eigenvalue weighted by Crippen LogP contribution is 2.39. The third-order valence-corrected chi connectivity index (χ3v) is 3.77. The molecule has 1 nitrogen and oxygen atoms in total. The van der Waals surface area contributed by atoms with Gasteiger partial charge in [-0.1, -0.05) is 31.5 Å². The van der Waals surface area contributed by atoms with E-state index in [0.29, 0.717) is 5.41 Å². The van der Waals surface area contributed by atoms with Gasteiger partial charge in [0.1, 0.15) is 5.82 Å². The van der Waals surface area contributed by atoms with Crippen LogP contribution in [0.5, 0.6) is 0 Å². The molecule has 1 aromatic rings. The summed E-state index contributed by atoms with van der Waals surface area (Å²) in [7, 11) is 0. The normalized spacial score (nSPS) is 20.2. The molecule has 0 bridgehead atoms. The Bertz CT molecular complexity index is 358. The molecule has 1 saturated carbocycles. The molecule has 16 heavy (non-hydrogen) atoms. The largest absolute Gasteiger partial charge is 0.310 e. The SMILES string of the molecule is CC(NCC1(C)CCC1)c1ccccc1F. The second kappa shape index (κ2) is 4.54. The molecule has 0 radical (unpaired) electrons. The maximum Gasteiger partial charge on any atom is 0.127 e. The summed E-state index contributed by atoms with van der Waals surface area (Å²) < 4.78 is 13.5. The van der Waals surface area contributed by atoms with Crippen molar-refractivity contribution in [1.82, 2.24) is 5.32 Å². The maximum absolute atomic E-state index is 13.5. The van der Waals surface area contributed by atoms with Crippen LogP contribution in [0, 0.1) is 11.2 Å². The van der Waals surface area contributed by atoms with Crippen LogP contribution < -0.4 is 5.32 Å². The van der Waals surface area contributed by atoms with Crippen molar-refractivity contribution in [2.24, 2.45) is 5.41 Å². The van der Waals surface area contributed by atoms with Gasteiger partial charge in [0.05, 0.1) is 0 Å². The molecule has 0 aromatic heterocycles. The molecule has 0 saturated heterocycles. The van der Waals surface area contributed by atoms with Crippen molar-refractivity contribution < 1.29 is 4.39 Å². The first-order chi connectivity index (χ1) is 7.61. The number of hydrogen-bond donors (Lipinski definition) is 1. The van der Waals surface area contributed by atoms with Crippen molar-refractivity contribution in [3.63, 3.8) is 0 Å². The Balaban J connectivity index is 1.93. The van der Waals surface area contributed by atoms with Gasteiger partial charge in [-0.15, -0.1) is 0 Å². The average molecular weight is 221 g/mol. The summed E-state index contributed by atoms with van der Waals surface area (Å²) in [6, 6.07) is 7.11. The van der Waals surface area contributed by atoms with Crippen LogP contribution in [0.15, 0.2) is 24.3 Å². The summed E-state index contributed by atoms with van der Waals surface area (Å²) in [5, 5.41) is 3.44. The van der Waals surface area contributed by atoms with Gasteiger partial charge in [-0.3, -0.25) is 0 Å². The molecule has 88 valence electrons. The topological polar surface area (TPSA) is 12.0 Å². The van der Waals surface area contributed by atoms with Crippen molar-refractivity contribution in [2.45, 2.75) is 39.2 Å². The van der Waals surface area contributed by atoms with Crippen LogP contribution in [-0.2, 0) is 0 Å². The van der Waals surface area contributed by atoms with Gasteiger partial charge in [0.25, 0.3) is 0 Å². The molecule has 1 aromatic carbocycles. The van der Waals surface area contributed by atoms with E-state index in [0.717, 1.165) is 12.1 Å². The minimum absolute atomic E-state index is 0.0959. The van der Waals surface area contributed by atoms with Crippen LogP contribution in [0.4, 0.5) is 4.39 Å². The van der Waals surface area contributed by atoms with Gasteiger partial charge in [-0.05, 0) is 31.2 Å². The Hall–Kier alpha value is -0.890. The fourth-order valence-corrected chi connectivity index (χ4v) is 2.29. The van der Waals surface area contributed by atoms with E-state index in [1.807, 2.05) is 19.1 Å². The second-order valence-corrected chi connectivity index (χ2v) is 5.29. The van der Waals surface area contributed by atoms with E-state index in [1.54, 1.807) is 6.07 Å². The fourth-order valence-electron chi connectivity index (χ4n) is 2.29. The highest BCUT2D eigenvalue weighted by molar-refractivity contribution is 5.20. The van der Waals surface area contributed by atoms with Gasteiger partial charge in [-0.25, -0.2) is 4.39 Å². The molecule has 1 aliphatic carbocycles. The summed E-state index contributed by atoms with van der Waals surface area (Å²) >= 11 is 0. The average Bonchev–Trinajstić information content (AvgIpc) is 2.24. The van der Waals surface area contributed by atoms with Gasteiger partial charge in [-0.2, -0.15) is 0 Å². The highest BCUT2D eigenvalue weighted by Gasteiger charge is 2.31. The minimum Gasteiger partial charge on any atom is -0.310 e. The molecular formula is C14H20FN. The molecule has 0 amide bonds. The van der Waals surface area contributed by atoms with E-state index in [1.165, 1.54) is 25.3 Å². The maximum atomic E-state index is 13.5. The Labute approximate surface area is 97.1 Å². The van der Waals surface area contributed by atoms with Crippen LogP contribution >= 0.6 is 0 Å².